The molecule has 0 aliphatic heterocycles. The Morgan fingerprint density at radius 3 is 2.35 bits per heavy atom. The number of hydrogen-bond acceptors (Lipinski definition) is 6. The van der Waals surface area contributed by atoms with Crippen molar-refractivity contribution < 1.29 is 26.9 Å². The topological polar surface area (TPSA) is 86.7 Å². The molecule has 2 bridgehead atoms. The molecule has 0 saturated heterocycles. The lowest BCUT2D eigenvalue weighted by Gasteiger charge is -2.41. The number of esters is 1. The molecule has 3 aliphatic rings. The van der Waals surface area contributed by atoms with Gasteiger partial charge in [0.15, 0.2) is 5.78 Å². The van der Waals surface area contributed by atoms with Crippen molar-refractivity contribution in [2.45, 2.75) is 38.7 Å². The van der Waals surface area contributed by atoms with Crippen LogP contribution in [0.5, 0.6) is 0 Å². The van der Waals surface area contributed by atoms with Crippen molar-refractivity contribution >= 4 is 21.9 Å². The highest BCUT2D eigenvalue weighted by atomic mass is 32.2. The fraction of sp³-hybridized carbons (Fsp3) is 0.846. The molecular formula is C13H20O6S. The van der Waals surface area contributed by atoms with Crippen LogP contribution < -0.4 is 0 Å². The highest BCUT2D eigenvalue weighted by Gasteiger charge is 2.45. The molecule has 20 heavy (non-hydrogen) atoms. The molecule has 0 amide bonds. The minimum Gasteiger partial charge on any atom is -0.465 e. The highest BCUT2D eigenvalue weighted by molar-refractivity contribution is 7.86. The monoisotopic (exact) mass is 304 g/mol. The molecule has 3 aliphatic carbocycles. The van der Waals surface area contributed by atoms with E-state index in [2.05, 4.69) is 0 Å². The molecule has 3 saturated carbocycles. The zero-order valence-electron chi connectivity index (χ0n) is 11.7. The third kappa shape index (κ3) is 3.58. The molecule has 0 aromatic carbocycles. The second-order valence-corrected chi connectivity index (χ2v) is 7.27. The summed E-state index contributed by atoms with van der Waals surface area (Å²) in [6.45, 7) is 1.88. The van der Waals surface area contributed by atoms with Crippen molar-refractivity contribution in [3.63, 3.8) is 0 Å². The number of carbonyl (C=O) groups is 2. The van der Waals surface area contributed by atoms with Gasteiger partial charge in [-0.05, 0) is 44.4 Å². The molecule has 0 unspecified atom stereocenters. The summed E-state index contributed by atoms with van der Waals surface area (Å²) in [7, 11) is -3.73. The van der Waals surface area contributed by atoms with Crippen LogP contribution in [0, 0.1) is 17.8 Å². The molecule has 0 aromatic heterocycles. The van der Waals surface area contributed by atoms with Gasteiger partial charge in [0.25, 0.3) is 10.1 Å². The smallest absolute Gasteiger partial charge is 0.316 e. The Hall–Kier alpha value is -0.950. The summed E-state index contributed by atoms with van der Waals surface area (Å²) in [6, 6.07) is 0. The molecule has 0 aromatic rings. The first-order chi connectivity index (χ1) is 9.30. The average Bonchev–Trinajstić information content (AvgIpc) is 2.26. The van der Waals surface area contributed by atoms with E-state index in [4.69, 9.17) is 8.92 Å². The van der Waals surface area contributed by atoms with Gasteiger partial charge in [-0.3, -0.25) is 13.8 Å². The summed E-state index contributed by atoms with van der Waals surface area (Å²) in [5, 5.41) is 0. The van der Waals surface area contributed by atoms with E-state index in [1.165, 1.54) is 0 Å². The summed E-state index contributed by atoms with van der Waals surface area (Å²) < 4.78 is 32.4. The van der Waals surface area contributed by atoms with Gasteiger partial charge < -0.3 is 4.74 Å². The van der Waals surface area contributed by atoms with Crippen LogP contribution in [-0.4, -0.2) is 39.1 Å². The predicted octanol–water partition coefficient (Wildman–Crippen LogP) is 0.900. The summed E-state index contributed by atoms with van der Waals surface area (Å²) in [4.78, 5) is 24.3. The standard InChI is InChI=1S/C13H20O6S/c1-3-18-13(15)10-6-8-4-9(5-8)7-11(12(10)14)19-20(2,16)17/h8-11H,3-7H2,1-2H3/t8?,9?,10-,11-/m1/s1. The van der Waals surface area contributed by atoms with Gasteiger partial charge >= 0.3 is 5.97 Å². The molecule has 114 valence electrons. The molecule has 6 nitrogen and oxygen atoms in total. The first-order valence-corrected chi connectivity index (χ1v) is 8.70. The number of ether oxygens (including phenoxy) is 1. The first kappa shape index (κ1) is 15.4. The highest BCUT2D eigenvalue weighted by Crippen LogP contribution is 2.44. The lowest BCUT2D eigenvalue weighted by atomic mass is 9.65. The average molecular weight is 304 g/mol. The van der Waals surface area contributed by atoms with Gasteiger partial charge in [0.1, 0.15) is 12.0 Å². The first-order valence-electron chi connectivity index (χ1n) is 6.88. The van der Waals surface area contributed by atoms with Crippen molar-refractivity contribution in [2.75, 3.05) is 12.9 Å². The Morgan fingerprint density at radius 2 is 1.80 bits per heavy atom. The second kappa shape index (κ2) is 5.81. The minimum absolute atomic E-state index is 0.202. The Morgan fingerprint density at radius 1 is 1.20 bits per heavy atom. The van der Waals surface area contributed by atoms with Crippen molar-refractivity contribution in [3.05, 3.63) is 0 Å². The second-order valence-electron chi connectivity index (χ2n) is 5.67. The number of ketones is 1. The zero-order valence-corrected chi connectivity index (χ0v) is 12.5. The Bertz CT molecular complexity index is 491. The van der Waals surface area contributed by atoms with Crippen molar-refractivity contribution in [3.8, 4) is 0 Å². The minimum atomic E-state index is -3.73. The van der Waals surface area contributed by atoms with E-state index < -0.39 is 33.9 Å². The quantitative estimate of drug-likeness (QED) is 0.436. The number of rotatable bonds is 4. The Kier molecular flexibility index (Phi) is 4.49. The van der Waals surface area contributed by atoms with Crippen molar-refractivity contribution in [1.29, 1.82) is 0 Å². The van der Waals surface area contributed by atoms with E-state index in [0.29, 0.717) is 24.7 Å². The predicted molar refractivity (Wildman–Crippen MR) is 70.3 cm³/mol. The third-order valence-electron chi connectivity index (χ3n) is 3.97. The summed E-state index contributed by atoms with van der Waals surface area (Å²) in [6.07, 6.45) is 2.53. The van der Waals surface area contributed by atoms with Crippen molar-refractivity contribution in [1.82, 2.24) is 0 Å². The summed E-state index contributed by atoms with van der Waals surface area (Å²) in [5.41, 5.74) is 0. The van der Waals surface area contributed by atoms with E-state index in [9.17, 15) is 18.0 Å². The van der Waals surface area contributed by atoms with Crippen LogP contribution >= 0.6 is 0 Å². The maximum absolute atomic E-state index is 12.4. The van der Waals surface area contributed by atoms with Crippen LogP contribution in [0.3, 0.4) is 0 Å². The molecule has 3 fully saturated rings. The van der Waals surface area contributed by atoms with E-state index in [1.54, 1.807) is 6.92 Å². The third-order valence-corrected chi connectivity index (χ3v) is 4.55. The lowest BCUT2D eigenvalue weighted by Crippen LogP contribution is -2.45. The molecule has 3 rings (SSSR count). The van der Waals surface area contributed by atoms with Crippen LogP contribution in [0.15, 0.2) is 0 Å². The summed E-state index contributed by atoms with van der Waals surface area (Å²) in [5.74, 6) is -1.24. The Labute approximate surface area is 118 Å². The van der Waals surface area contributed by atoms with Gasteiger partial charge in [0.2, 0.25) is 0 Å². The van der Waals surface area contributed by atoms with Crippen molar-refractivity contribution in [2.24, 2.45) is 17.8 Å². The van der Waals surface area contributed by atoms with E-state index >= 15 is 0 Å². The van der Waals surface area contributed by atoms with E-state index in [1.807, 2.05) is 0 Å². The Balaban J connectivity index is 2.17. The maximum atomic E-state index is 12.4. The molecular weight excluding hydrogens is 284 g/mol. The zero-order chi connectivity index (χ0) is 14.9. The molecule has 0 radical (unpaired) electrons. The van der Waals surface area contributed by atoms with Crippen LogP contribution in [-0.2, 0) is 28.6 Å². The van der Waals surface area contributed by atoms with Crippen LogP contribution in [0.25, 0.3) is 0 Å². The van der Waals surface area contributed by atoms with Gasteiger partial charge in [-0.2, -0.15) is 8.42 Å². The molecule has 0 spiro atoms. The molecule has 0 heterocycles. The van der Waals surface area contributed by atoms with Crippen LogP contribution in [0.1, 0.15) is 32.6 Å². The van der Waals surface area contributed by atoms with E-state index in [0.717, 1.165) is 19.1 Å². The molecule has 0 N–H and O–H groups in total. The molecule has 2 atom stereocenters. The van der Waals surface area contributed by atoms with E-state index in [-0.39, 0.29) is 6.61 Å². The SMILES string of the molecule is CCOC(=O)[C@@H]1CC2CC(C2)C[C@@H](OS(C)(=O)=O)C1=O. The largest absolute Gasteiger partial charge is 0.465 e. The van der Waals surface area contributed by atoms with Gasteiger partial charge in [0.05, 0.1) is 12.9 Å². The van der Waals surface area contributed by atoms with Gasteiger partial charge in [-0.25, -0.2) is 0 Å². The maximum Gasteiger partial charge on any atom is 0.316 e. The van der Waals surface area contributed by atoms with Gasteiger partial charge in [-0.1, -0.05) is 0 Å². The summed E-state index contributed by atoms with van der Waals surface area (Å²) >= 11 is 0. The molecule has 7 heteroatoms. The number of carbonyl (C=O) groups excluding carboxylic acids is 2. The number of fused-ring (bicyclic) bond motifs is 4. The van der Waals surface area contributed by atoms with Crippen LogP contribution in [0.2, 0.25) is 0 Å². The lowest BCUT2D eigenvalue weighted by molar-refractivity contribution is -0.156. The van der Waals surface area contributed by atoms with Gasteiger partial charge in [-0.15, -0.1) is 0 Å². The fourth-order valence-electron chi connectivity index (χ4n) is 3.10. The van der Waals surface area contributed by atoms with Crippen LogP contribution in [0.4, 0.5) is 0 Å². The number of hydrogen-bond donors (Lipinski definition) is 0. The fourth-order valence-corrected chi connectivity index (χ4v) is 3.70. The number of Topliss-reactive ketones (excluding diaryl/α,β-unsaturated/α-hetero) is 1. The van der Waals surface area contributed by atoms with Gasteiger partial charge in [0, 0.05) is 0 Å². The normalized spacial score (nSPS) is 33.8.